The summed E-state index contributed by atoms with van der Waals surface area (Å²) in [5.41, 5.74) is 2.08. The molecule has 1 aliphatic rings. The number of halogens is 1. The lowest BCUT2D eigenvalue weighted by Gasteiger charge is -2.12. The van der Waals surface area contributed by atoms with E-state index in [-0.39, 0.29) is 11.9 Å². The monoisotopic (exact) mass is 338 g/mol. The normalized spacial score (nSPS) is 17.4. The molecule has 6 heteroatoms. The van der Waals surface area contributed by atoms with Gasteiger partial charge in [-0.3, -0.25) is 14.6 Å². The van der Waals surface area contributed by atoms with Crippen molar-refractivity contribution in [3.63, 3.8) is 0 Å². The molecule has 1 aromatic carbocycles. The van der Waals surface area contributed by atoms with Crippen LogP contribution in [0.15, 0.2) is 22.3 Å². The van der Waals surface area contributed by atoms with Gasteiger partial charge in [0.1, 0.15) is 11.4 Å². The third kappa shape index (κ3) is 2.20. The van der Waals surface area contributed by atoms with E-state index in [2.05, 4.69) is 15.9 Å². The molecule has 1 fully saturated rings. The molecule has 0 bridgehead atoms. The van der Waals surface area contributed by atoms with Crippen LogP contribution in [0.25, 0.3) is 6.08 Å². The fourth-order valence-electron chi connectivity index (χ4n) is 2.02. The van der Waals surface area contributed by atoms with Gasteiger partial charge in [0, 0.05) is 24.1 Å². The number of hydrogen-bond acceptors (Lipinski definition) is 3. The van der Waals surface area contributed by atoms with E-state index in [0.29, 0.717) is 11.4 Å². The molecule has 1 heterocycles. The van der Waals surface area contributed by atoms with Crippen LogP contribution >= 0.6 is 15.9 Å². The van der Waals surface area contributed by atoms with Gasteiger partial charge in [0.05, 0.1) is 7.11 Å². The maximum Gasteiger partial charge on any atom is 0.331 e. The summed E-state index contributed by atoms with van der Waals surface area (Å²) in [6.45, 7) is 1.95. The fraction of sp³-hybridized carbons (Fsp3) is 0.286. The number of rotatable bonds is 2. The first-order valence-electron chi connectivity index (χ1n) is 5.99. The van der Waals surface area contributed by atoms with Crippen molar-refractivity contribution in [2.45, 2.75) is 6.92 Å². The molecule has 0 saturated carbocycles. The number of hydrogen-bond donors (Lipinski definition) is 0. The highest BCUT2D eigenvalue weighted by Gasteiger charge is 2.36. The molecule has 0 radical (unpaired) electrons. The van der Waals surface area contributed by atoms with Crippen LogP contribution in [0.2, 0.25) is 0 Å². The summed E-state index contributed by atoms with van der Waals surface area (Å²) in [7, 11) is 4.60. The molecule has 0 aliphatic carbocycles. The van der Waals surface area contributed by atoms with Crippen molar-refractivity contribution in [2.24, 2.45) is 0 Å². The van der Waals surface area contributed by atoms with E-state index in [1.54, 1.807) is 20.2 Å². The third-order valence-electron chi connectivity index (χ3n) is 3.29. The van der Waals surface area contributed by atoms with Crippen LogP contribution in [0.4, 0.5) is 4.79 Å². The maximum atomic E-state index is 12.1. The molecule has 106 valence electrons. The average molecular weight is 339 g/mol. The summed E-state index contributed by atoms with van der Waals surface area (Å²) in [5, 5.41) is 0. The van der Waals surface area contributed by atoms with Gasteiger partial charge >= 0.3 is 6.03 Å². The zero-order valence-corrected chi connectivity index (χ0v) is 13.3. The van der Waals surface area contributed by atoms with Crippen molar-refractivity contribution in [1.82, 2.24) is 9.80 Å². The lowest BCUT2D eigenvalue weighted by molar-refractivity contribution is -0.122. The number of nitrogens with zero attached hydrogens (tertiary/aromatic N) is 2. The Morgan fingerprint density at radius 3 is 2.35 bits per heavy atom. The van der Waals surface area contributed by atoms with Gasteiger partial charge in [-0.25, -0.2) is 4.79 Å². The highest BCUT2D eigenvalue weighted by atomic mass is 79.9. The first-order valence-corrected chi connectivity index (χ1v) is 6.78. The molecule has 3 amide bonds. The number of carbonyl (C=O) groups excluding carboxylic acids is 2. The molecular formula is C14H15BrN2O3. The molecular weight excluding hydrogens is 324 g/mol. The smallest absolute Gasteiger partial charge is 0.331 e. The minimum Gasteiger partial charge on any atom is -0.496 e. The van der Waals surface area contributed by atoms with Crippen LogP contribution < -0.4 is 4.74 Å². The molecule has 0 aromatic heterocycles. The number of imide groups is 1. The molecule has 0 atom stereocenters. The van der Waals surface area contributed by atoms with Gasteiger partial charge in [-0.2, -0.15) is 0 Å². The molecule has 0 N–H and O–H groups in total. The Kier molecular flexibility index (Phi) is 3.85. The molecule has 5 nitrogen and oxygen atoms in total. The van der Waals surface area contributed by atoms with Gasteiger partial charge in [-0.05, 0) is 40.6 Å². The Labute approximate surface area is 125 Å². The van der Waals surface area contributed by atoms with E-state index in [9.17, 15) is 9.59 Å². The second-order valence-corrected chi connectivity index (χ2v) is 5.34. The zero-order chi connectivity index (χ0) is 15.0. The lowest BCUT2D eigenvalue weighted by Crippen LogP contribution is -2.27. The summed E-state index contributed by atoms with van der Waals surface area (Å²) >= 11 is 3.50. The van der Waals surface area contributed by atoms with Crippen molar-refractivity contribution in [2.75, 3.05) is 21.2 Å². The van der Waals surface area contributed by atoms with Crippen LogP contribution in [0, 0.1) is 6.92 Å². The zero-order valence-electron chi connectivity index (χ0n) is 11.7. The van der Waals surface area contributed by atoms with E-state index >= 15 is 0 Å². The predicted octanol–water partition coefficient (Wildman–Crippen LogP) is 2.63. The number of urea groups is 1. The van der Waals surface area contributed by atoms with Crippen molar-refractivity contribution in [3.8, 4) is 5.75 Å². The van der Waals surface area contributed by atoms with Crippen molar-refractivity contribution >= 4 is 33.9 Å². The number of benzene rings is 1. The second kappa shape index (κ2) is 5.28. The molecule has 1 aliphatic heterocycles. The van der Waals surface area contributed by atoms with E-state index in [1.165, 1.54) is 11.9 Å². The molecule has 0 unspecified atom stereocenters. The highest BCUT2D eigenvalue weighted by molar-refractivity contribution is 9.10. The minimum absolute atomic E-state index is 0.321. The average Bonchev–Trinajstić information content (AvgIpc) is 2.61. The number of methoxy groups -OCH3 is 1. The Morgan fingerprint density at radius 2 is 1.85 bits per heavy atom. The Bertz CT molecular complexity index is 625. The van der Waals surface area contributed by atoms with Gasteiger partial charge in [0.15, 0.2) is 0 Å². The van der Waals surface area contributed by atoms with Crippen LogP contribution in [0.1, 0.15) is 11.1 Å². The Hall–Kier alpha value is -1.82. The summed E-state index contributed by atoms with van der Waals surface area (Å²) in [6, 6.07) is 3.41. The number of likely N-dealkylation sites (N-methyl/N-ethyl adjacent to an activating group) is 2. The van der Waals surface area contributed by atoms with Gasteiger partial charge in [-0.15, -0.1) is 0 Å². The van der Waals surface area contributed by atoms with Crippen molar-refractivity contribution in [3.05, 3.63) is 33.4 Å². The molecule has 0 spiro atoms. The Morgan fingerprint density at radius 1 is 1.20 bits per heavy atom. The van der Waals surface area contributed by atoms with Crippen molar-refractivity contribution < 1.29 is 14.3 Å². The Balaban J connectivity index is 2.59. The van der Waals surface area contributed by atoms with E-state index in [4.69, 9.17) is 4.74 Å². The minimum atomic E-state index is -0.344. The van der Waals surface area contributed by atoms with Gasteiger partial charge in [-0.1, -0.05) is 6.07 Å². The van der Waals surface area contributed by atoms with Crippen LogP contribution in [-0.4, -0.2) is 42.9 Å². The van der Waals surface area contributed by atoms with E-state index in [1.807, 2.05) is 19.1 Å². The van der Waals surface area contributed by atoms with E-state index < -0.39 is 0 Å². The number of aryl methyl sites for hydroxylation is 1. The molecule has 1 aromatic rings. The van der Waals surface area contributed by atoms with Crippen molar-refractivity contribution in [1.29, 1.82) is 0 Å². The van der Waals surface area contributed by atoms with Gasteiger partial charge in [0.2, 0.25) is 0 Å². The van der Waals surface area contributed by atoms with Crippen LogP contribution in [-0.2, 0) is 4.79 Å². The van der Waals surface area contributed by atoms with Crippen LogP contribution in [0.5, 0.6) is 5.75 Å². The first kappa shape index (κ1) is 14.6. The van der Waals surface area contributed by atoms with E-state index in [0.717, 1.165) is 20.5 Å². The second-order valence-electron chi connectivity index (χ2n) is 4.55. The van der Waals surface area contributed by atoms with Gasteiger partial charge < -0.3 is 4.74 Å². The fourth-order valence-corrected chi connectivity index (χ4v) is 2.46. The third-order valence-corrected chi connectivity index (χ3v) is 4.35. The van der Waals surface area contributed by atoms with Gasteiger partial charge in [0.25, 0.3) is 5.91 Å². The number of ether oxygens (including phenoxy) is 1. The lowest BCUT2D eigenvalue weighted by atomic mass is 10.1. The topological polar surface area (TPSA) is 49.9 Å². The molecule has 1 saturated heterocycles. The largest absolute Gasteiger partial charge is 0.496 e. The standard InChI is InChI=1S/C14H15BrN2O3/c1-8-5-6-11(20-4)9(12(8)15)7-10-13(18)17(3)14(19)16(10)2/h5-7H,1-4H3/b10-7+. The quantitative estimate of drug-likeness (QED) is 0.615. The predicted molar refractivity (Wildman–Crippen MR) is 79.3 cm³/mol. The molecule has 20 heavy (non-hydrogen) atoms. The maximum absolute atomic E-state index is 12.1. The summed E-state index contributed by atoms with van der Waals surface area (Å²) in [5.74, 6) is 0.311. The molecule has 2 rings (SSSR count). The SMILES string of the molecule is COc1ccc(C)c(Br)c1/C=C1\C(=O)N(C)C(=O)N1C. The van der Waals surface area contributed by atoms with Crippen LogP contribution in [0.3, 0.4) is 0 Å². The highest BCUT2D eigenvalue weighted by Crippen LogP contribution is 2.33. The number of carbonyl (C=O) groups is 2. The number of amides is 3. The first-order chi connectivity index (χ1) is 9.38. The summed E-state index contributed by atoms with van der Waals surface area (Å²) in [6.07, 6.45) is 1.67. The summed E-state index contributed by atoms with van der Waals surface area (Å²) < 4.78 is 6.15. The summed E-state index contributed by atoms with van der Waals surface area (Å²) in [4.78, 5) is 26.3.